The van der Waals surface area contributed by atoms with Crippen molar-refractivity contribution in [3.8, 4) is 20.9 Å². The van der Waals surface area contributed by atoms with Gasteiger partial charge in [-0.3, -0.25) is 0 Å². The molecule has 0 aliphatic heterocycles. The van der Waals surface area contributed by atoms with Gasteiger partial charge >= 0.3 is 325 Å². The van der Waals surface area contributed by atoms with Crippen LogP contribution in [-0.4, -0.2) is 47.6 Å². The summed E-state index contributed by atoms with van der Waals surface area (Å²) >= 11 is 4.29. The third kappa shape index (κ3) is 9.77. The van der Waals surface area contributed by atoms with E-state index < -0.39 is 21.2 Å². The summed E-state index contributed by atoms with van der Waals surface area (Å²) in [4.78, 5) is 30.7. The van der Waals surface area contributed by atoms with Crippen molar-refractivity contribution in [2.75, 3.05) is 0 Å². The van der Waals surface area contributed by atoms with Crippen LogP contribution in [0.25, 0.3) is 49.8 Å². The van der Waals surface area contributed by atoms with Crippen LogP contribution < -0.4 is 0 Å². The number of thiophene rings is 2. The minimum atomic E-state index is -0.564. The average molecular weight is 905 g/mol. The first-order chi connectivity index (χ1) is 25.9. The van der Waals surface area contributed by atoms with Gasteiger partial charge in [-0.25, -0.2) is 0 Å². The van der Waals surface area contributed by atoms with E-state index in [9.17, 15) is 20.2 Å². The summed E-state index contributed by atoms with van der Waals surface area (Å²) in [7, 11) is 0. The fourth-order valence-corrected chi connectivity index (χ4v) is 15.8. The van der Waals surface area contributed by atoms with E-state index >= 15 is 0 Å². The summed E-state index contributed by atoms with van der Waals surface area (Å²) in [5.74, 6) is 0. The number of nitro benzene ring substituents is 2. The van der Waals surface area contributed by atoms with E-state index in [4.69, 9.17) is 0 Å². The maximum absolute atomic E-state index is 12.9. The molecule has 5 heterocycles. The van der Waals surface area contributed by atoms with Crippen LogP contribution in [0.5, 0.6) is 0 Å². The minimum absolute atomic E-state index is 0.136. The quantitative estimate of drug-likeness (QED) is 0.0259. The van der Waals surface area contributed by atoms with Gasteiger partial charge in [-0.15, -0.1) is 0 Å². The zero-order valence-corrected chi connectivity index (χ0v) is 36.8. The Labute approximate surface area is 336 Å². The molecule has 0 spiro atoms. The summed E-state index contributed by atoms with van der Waals surface area (Å²) in [5, 5.41) is 25.8. The molecule has 13 heteroatoms. The molecule has 0 amide bonds. The first kappa shape index (κ1) is 40.4. The summed E-state index contributed by atoms with van der Waals surface area (Å²) in [6.07, 6.45) is 25.0. The van der Waals surface area contributed by atoms with Gasteiger partial charge in [-0.05, 0) is 0 Å². The van der Waals surface area contributed by atoms with E-state index in [1.165, 1.54) is 154 Å². The average Bonchev–Trinajstić information content (AvgIpc) is 3.98. The fraction of sp³-hybridized carbons (Fsp3) is 0.550. The molecule has 0 fully saturated rings. The Morgan fingerprint density at radius 1 is 0.566 bits per heavy atom. The van der Waals surface area contributed by atoms with Crippen molar-refractivity contribution >= 4 is 104 Å². The van der Waals surface area contributed by atoms with Gasteiger partial charge in [0, 0.05) is 0 Å². The third-order valence-corrected chi connectivity index (χ3v) is 17.9. The number of aromatic nitrogens is 2. The summed E-state index contributed by atoms with van der Waals surface area (Å²) in [6.45, 7) is 4.50. The maximum atomic E-state index is 12.9. The second-order valence-electron chi connectivity index (χ2n) is 14.2. The predicted molar refractivity (Wildman–Crippen MR) is 228 cm³/mol. The third-order valence-electron chi connectivity index (χ3n) is 10.3. The van der Waals surface area contributed by atoms with Gasteiger partial charge in [-0.1, -0.05) is 13.8 Å². The van der Waals surface area contributed by atoms with Crippen molar-refractivity contribution in [1.29, 1.82) is 0 Å². The van der Waals surface area contributed by atoms with Crippen LogP contribution in [0.2, 0.25) is 0 Å². The molecule has 0 aliphatic carbocycles. The van der Waals surface area contributed by atoms with Crippen LogP contribution in [0.3, 0.4) is 0 Å². The van der Waals surface area contributed by atoms with Gasteiger partial charge in [0.1, 0.15) is 0 Å². The Balaban J connectivity index is 1.23. The molecule has 53 heavy (non-hydrogen) atoms. The number of hydrogen-bond donors (Lipinski definition) is 0. The van der Waals surface area contributed by atoms with Crippen LogP contribution in [-0.2, 0) is 12.8 Å². The monoisotopic (exact) mass is 906 g/mol. The van der Waals surface area contributed by atoms with Crippen LogP contribution in [0.1, 0.15) is 141 Å². The van der Waals surface area contributed by atoms with Gasteiger partial charge in [0.25, 0.3) is 0 Å². The molecule has 0 aliphatic rings. The van der Waals surface area contributed by atoms with E-state index in [0.29, 0.717) is 20.8 Å². The Bertz CT molecular complexity index is 1980. The molecule has 0 saturated carbocycles. The molecule has 0 bridgehead atoms. The predicted octanol–water partition coefficient (Wildman–Crippen LogP) is 13.5. The molecular weight excluding hydrogens is 855 g/mol. The number of fused-ring (bicyclic) bond motifs is 3. The van der Waals surface area contributed by atoms with E-state index in [0.717, 1.165) is 37.4 Å². The van der Waals surface area contributed by atoms with Crippen molar-refractivity contribution in [2.45, 2.75) is 142 Å². The van der Waals surface area contributed by atoms with Crippen molar-refractivity contribution in [3.05, 3.63) is 53.4 Å². The standard InChI is InChI=1S/C40H50N4O4S3Se2/c1-3-5-7-9-11-13-15-17-19-21-27-25-52-31-23-29(49-39(27)31)33-35-36(42-51-41-35)34(38(44(47)48)37(33)43(45)46)30-24-32-40(50-30)28(26-53-32)22-20-18-16-14-12-10-8-6-4-2/h23-26H,3-22H2,1-2H3. The molecule has 1 aromatic carbocycles. The van der Waals surface area contributed by atoms with Gasteiger partial charge in [-0.2, -0.15) is 0 Å². The van der Waals surface area contributed by atoms with E-state index in [-0.39, 0.29) is 40.1 Å². The van der Waals surface area contributed by atoms with Gasteiger partial charge < -0.3 is 0 Å². The summed E-state index contributed by atoms with van der Waals surface area (Å²) in [5.41, 5.74) is 2.98. The number of benzene rings is 1. The molecule has 6 aromatic rings. The Morgan fingerprint density at radius 2 is 0.925 bits per heavy atom. The molecule has 0 N–H and O–H groups in total. The summed E-state index contributed by atoms with van der Waals surface area (Å²) in [6, 6.07) is 4.05. The second kappa shape index (κ2) is 20.1. The molecule has 0 saturated heterocycles. The molecule has 6 rings (SSSR count). The first-order valence-electron chi connectivity index (χ1n) is 19.5. The van der Waals surface area contributed by atoms with Crippen molar-refractivity contribution in [3.63, 3.8) is 0 Å². The SMILES string of the molecule is CCCCCCCCCCCc1c[se]c2cc(-c3c([N+](=O)[O-])c([N+](=O)[O-])c(-c4cc5[se]cc(CCCCCCCCCCC)c5s4)c4nsnc34)sc12. The van der Waals surface area contributed by atoms with Gasteiger partial charge in [0.05, 0.1) is 0 Å². The topological polar surface area (TPSA) is 112 Å². The Kier molecular flexibility index (Phi) is 15.3. The Hall–Kier alpha value is -2.24. The molecule has 8 nitrogen and oxygen atoms in total. The Morgan fingerprint density at radius 3 is 1.28 bits per heavy atom. The second-order valence-corrected chi connectivity index (χ2v) is 20.7. The molecule has 0 unspecified atom stereocenters. The number of unbranched alkanes of at least 4 members (excludes halogenated alkanes) is 16. The van der Waals surface area contributed by atoms with Crippen LogP contribution >= 0.6 is 34.4 Å². The molecule has 284 valence electrons. The number of rotatable bonds is 24. The van der Waals surface area contributed by atoms with Crippen LogP contribution in [0.15, 0.2) is 22.0 Å². The zero-order valence-electron chi connectivity index (χ0n) is 30.9. The normalized spacial score (nSPS) is 11.9. The van der Waals surface area contributed by atoms with E-state index in [1.807, 2.05) is 12.1 Å². The first-order valence-corrected chi connectivity index (χ1v) is 25.6. The molecule has 0 radical (unpaired) electrons. The van der Waals surface area contributed by atoms with Crippen molar-refractivity contribution in [1.82, 2.24) is 8.75 Å². The summed E-state index contributed by atoms with van der Waals surface area (Å²) < 4.78 is 13.9. The molecular formula is C40H50N4O4S3Se2. The van der Waals surface area contributed by atoms with E-state index in [1.54, 1.807) is 0 Å². The van der Waals surface area contributed by atoms with Crippen molar-refractivity contribution in [2.24, 2.45) is 0 Å². The number of hydrogen-bond acceptors (Lipinski definition) is 9. The molecule has 0 atom stereocenters. The number of aryl methyl sites for hydroxylation is 2. The van der Waals surface area contributed by atoms with Gasteiger partial charge in [0.15, 0.2) is 0 Å². The number of nitrogens with zero attached hydrogens (tertiary/aromatic N) is 4. The van der Waals surface area contributed by atoms with E-state index in [2.05, 4.69) is 32.5 Å². The van der Waals surface area contributed by atoms with Crippen LogP contribution in [0.4, 0.5) is 11.4 Å². The fourth-order valence-electron chi connectivity index (χ4n) is 7.39. The van der Waals surface area contributed by atoms with Crippen molar-refractivity contribution < 1.29 is 9.85 Å². The zero-order chi connectivity index (χ0) is 37.2. The number of nitro groups is 2. The van der Waals surface area contributed by atoms with Crippen LogP contribution in [0, 0.1) is 20.2 Å². The molecule has 5 aromatic heterocycles. The van der Waals surface area contributed by atoms with Gasteiger partial charge in [0.2, 0.25) is 0 Å².